The molecule has 2 aromatic rings. The van der Waals surface area contributed by atoms with E-state index in [2.05, 4.69) is 4.98 Å². The van der Waals surface area contributed by atoms with Crippen LogP contribution in [0.3, 0.4) is 0 Å². The van der Waals surface area contributed by atoms with Gasteiger partial charge >= 0.3 is 0 Å². The zero-order chi connectivity index (χ0) is 18.4. The highest BCUT2D eigenvalue weighted by molar-refractivity contribution is 7.89. The summed E-state index contributed by atoms with van der Waals surface area (Å²) in [5.74, 6) is -0.247. The van der Waals surface area contributed by atoms with Gasteiger partial charge in [0, 0.05) is 6.20 Å². The summed E-state index contributed by atoms with van der Waals surface area (Å²) < 4.78 is 36.3. The Morgan fingerprint density at radius 3 is 2.04 bits per heavy atom. The van der Waals surface area contributed by atoms with Crippen LogP contribution in [-0.4, -0.2) is 13.4 Å². The summed E-state index contributed by atoms with van der Waals surface area (Å²) in [5, 5.41) is 5.02. The standard InChI is InChI=1S/C20H21FN2O2S/c21-16-6-3-14(4-7-16)17-11-20(9-1-2-10-20)12-18(17)15-5-8-19(23-13-15)26(22,24)25/h3-8,13H,1-2,9-12H2,(H2,22,24,25). The fourth-order valence-corrected chi connectivity index (χ4v) is 4.89. The predicted molar refractivity (Wildman–Crippen MR) is 99.0 cm³/mol. The van der Waals surface area contributed by atoms with Gasteiger partial charge < -0.3 is 0 Å². The summed E-state index contributed by atoms with van der Waals surface area (Å²) in [4.78, 5) is 4.04. The first-order chi connectivity index (χ1) is 12.4. The van der Waals surface area contributed by atoms with E-state index < -0.39 is 10.0 Å². The molecule has 2 aliphatic rings. The maximum absolute atomic E-state index is 13.3. The lowest BCUT2D eigenvalue weighted by Crippen LogP contribution is -2.14. The summed E-state index contributed by atoms with van der Waals surface area (Å²) in [6, 6.07) is 9.86. The smallest absolute Gasteiger partial charge is 0.243 e. The molecule has 6 heteroatoms. The number of sulfonamides is 1. The average Bonchev–Trinajstić information content (AvgIpc) is 3.22. The quantitative estimate of drug-likeness (QED) is 0.880. The highest BCUT2D eigenvalue weighted by Gasteiger charge is 2.41. The highest BCUT2D eigenvalue weighted by atomic mass is 32.2. The van der Waals surface area contributed by atoms with E-state index in [4.69, 9.17) is 5.14 Å². The second-order valence-corrected chi connectivity index (χ2v) is 8.96. The summed E-state index contributed by atoms with van der Waals surface area (Å²) in [6.07, 6.45) is 8.40. The van der Waals surface area contributed by atoms with Crippen molar-refractivity contribution in [1.29, 1.82) is 0 Å². The van der Waals surface area contributed by atoms with Crippen LogP contribution in [0.4, 0.5) is 4.39 Å². The molecule has 1 aromatic heterocycles. The Morgan fingerprint density at radius 2 is 1.50 bits per heavy atom. The number of nitrogens with two attached hydrogens (primary N) is 1. The van der Waals surface area contributed by atoms with E-state index in [0.717, 1.165) is 24.0 Å². The Labute approximate surface area is 153 Å². The Kier molecular flexibility index (Phi) is 4.20. The molecule has 0 saturated heterocycles. The number of halogens is 1. The SMILES string of the molecule is NS(=O)(=O)c1ccc(C2=C(c3ccc(F)cc3)CC3(CCCC3)C2)cn1. The fraction of sp³-hybridized carbons (Fsp3) is 0.350. The molecule has 26 heavy (non-hydrogen) atoms. The van der Waals surface area contributed by atoms with Gasteiger partial charge in [0.25, 0.3) is 10.0 Å². The topological polar surface area (TPSA) is 73.1 Å². The Balaban J connectivity index is 1.78. The molecule has 0 atom stereocenters. The number of hydrogen-bond acceptors (Lipinski definition) is 3. The van der Waals surface area contributed by atoms with Crippen molar-refractivity contribution in [2.24, 2.45) is 10.6 Å². The van der Waals surface area contributed by atoms with Crippen LogP contribution in [0.25, 0.3) is 11.1 Å². The van der Waals surface area contributed by atoms with E-state index in [1.807, 2.05) is 12.1 Å². The number of pyridine rings is 1. The van der Waals surface area contributed by atoms with Crippen LogP contribution in [0.5, 0.6) is 0 Å². The van der Waals surface area contributed by atoms with Crippen molar-refractivity contribution in [3.63, 3.8) is 0 Å². The first-order valence-corrected chi connectivity index (χ1v) is 10.4. The lowest BCUT2D eigenvalue weighted by Gasteiger charge is -2.23. The van der Waals surface area contributed by atoms with E-state index in [9.17, 15) is 12.8 Å². The normalized spacial score (nSPS) is 19.5. The van der Waals surface area contributed by atoms with Gasteiger partial charge in [0.05, 0.1) is 0 Å². The molecule has 0 unspecified atom stereocenters. The summed E-state index contributed by atoms with van der Waals surface area (Å²) in [6.45, 7) is 0. The maximum atomic E-state index is 13.3. The van der Waals surface area contributed by atoms with E-state index in [1.165, 1.54) is 55.0 Å². The lowest BCUT2D eigenvalue weighted by molar-refractivity contribution is 0.330. The number of primary sulfonamides is 1. The summed E-state index contributed by atoms with van der Waals surface area (Å²) >= 11 is 0. The molecule has 1 fully saturated rings. The van der Waals surface area contributed by atoms with Gasteiger partial charge in [-0.2, -0.15) is 0 Å². The minimum atomic E-state index is -3.80. The Hall–Kier alpha value is -2.05. The number of rotatable bonds is 3. The molecule has 0 amide bonds. The van der Waals surface area contributed by atoms with Gasteiger partial charge in [-0.15, -0.1) is 0 Å². The monoisotopic (exact) mass is 372 g/mol. The first kappa shape index (κ1) is 17.4. The fourth-order valence-electron chi connectivity index (χ4n) is 4.44. The summed E-state index contributed by atoms with van der Waals surface area (Å²) in [5.41, 5.74) is 4.63. The molecule has 1 spiro atoms. The molecular weight excluding hydrogens is 351 g/mol. The molecule has 136 valence electrons. The van der Waals surface area contributed by atoms with Gasteiger partial charge in [0.15, 0.2) is 5.03 Å². The average molecular weight is 372 g/mol. The van der Waals surface area contributed by atoms with Crippen LogP contribution < -0.4 is 5.14 Å². The van der Waals surface area contributed by atoms with Crippen molar-refractivity contribution in [3.05, 3.63) is 59.5 Å². The second-order valence-electron chi connectivity index (χ2n) is 7.45. The van der Waals surface area contributed by atoms with Crippen LogP contribution in [0.2, 0.25) is 0 Å². The van der Waals surface area contributed by atoms with Gasteiger partial charge in [-0.1, -0.05) is 31.0 Å². The number of aromatic nitrogens is 1. The second kappa shape index (κ2) is 6.28. The largest absolute Gasteiger partial charge is 0.255 e. The van der Waals surface area contributed by atoms with E-state index in [0.29, 0.717) is 0 Å². The minimum absolute atomic E-state index is 0.126. The van der Waals surface area contributed by atoms with Crippen LogP contribution >= 0.6 is 0 Å². The molecule has 4 rings (SSSR count). The van der Waals surface area contributed by atoms with Crippen molar-refractivity contribution < 1.29 is 12.8 Å². The molecule has 1 heterocycles. The number of benzene rings is 1. The molecule has 0 radical (unpaired) electrons. The van der Waals surface area contributed by atoms with Crippen LogP contribution in [0.1, 0.15) is 49.7 Å². The minimum Gasteiger partial charge on any atom is -0.243 e. The van der Waals surface area contributed by atoms with Crippen molar-refractivity contribution in [1.82, 2.24) is 4.98 Å². The van der Waals surface area contributed by atoms with E-state index >= 15 is 0 Å². The number of allylic oxidation sites excluding steroid dienone is 2. The van der Waals surface area contributed by atoms with E-state index in [-0.39, 0.29) is 16.3 Å². The predicted octanol–water partition coefficient (Wildman–Crippen LogP) is 4.13. The molecule has 1 aromatic carbocycles. The van der Waals surface area contributed by atoms with Crippen LogP contribution in [0, 0.1) is 11.2 Å². The molecule has 1 saturated carbocycles. The summed E-state index contributed by atoms with van der Waals surface area (Å²) in [7, 11) is -3.80. The maximum Gasteiger partial charge on any atom is 0.255 e. The van der Waals surface area contributed by atoms with E-state index in [1.54, 1.807) is 12.3 Å². The highest BCUT2D eigenvalue weighted by Crippen LogP contribution is 2.57. The third kappa shape index (κ3) is 3.19. The number of hydrogen-bond donors (Lipinski definition) is 1. The van der Waals surface area contributed by atoms with Gasteiger partial charge in [-0.3, -0.25) is 0 Å². The molecule has 4 nitrogen and oxygen atoms in total. The third-order valence-electron chi connectivity index (χ3n) is 5.70. The first-order valence-electron chi connectivity index (χ1n) is 8.84. The lowest BCUT2D eigenvalue weighted by atomic mass is 9.81. The molecular formula is C20H21FN2O2S. The Bertz CT molecular complexity index is 958. The van der Waals surface area contributed by atoms with Crippen molar-refractivity contribution in [2.75, 3.05) is 0 Å². The van der Waals surface area contributed by atoms with Crippen molar-refractivity contribution in [2.45, 2.75) is 43.6 Å². The zero-order valence-electron chi connectivity index (χ0n) is 14.4. The number of nitrogens with zero attached hydrogens (tertiary/aromatic N) is 1. The van der Waals surface area contributed by atoms with Crippen molar-refractivity contribution >= 4 is 21.2 Å². The molecule has 2 aliphatic carbocycles. The molecule has 0 aliphatic heterocycles. The van der Waals surface area contributed by atoms with Gasteiger partial charge in [-0.25, -0.2) is 22.9 Å². The van der Waals surface area contributed by atoms with Crippen LogP contribution in [0.15, 0.2) is 47.6 Å². The van der Waals surface area contributed by atoms with Crippen LogP contribution in [-0.2, 0) is 10.0 Å². The van der Waals surface area contributed by atoms with Gasteiger partial charge in [0.2, 0.25) is 0 Å². The van der Waals surface area contributed by atoms with Crippen molar-refractivity contribution in [3.8, 4) is 0 Å². The third-order valence-corrected chi connectivity index (χ3v) is 6.53. The van der Waals surface area contributed by atoms with Gasteiger partial charge in [0.1, 0.15) is 5.82 Å². The zero-order valence-corrected chi connectivity index (χ0v) is 15.2. The van der Waals surface area contributed by atoms with Gasteiger partial charge in [-0.05, 0) is 71.6 Å². The molecule has 0 bridgehead atoms. The Morgan fingerprint density at radius 1 is 0.923 bits per heavy atom. The molecule has 2 N–H and O–H groups in total.